The SMILES string of the molecule is COC(C)CN1CCN(c2ccc3c(=O)n(CCc4ccc(SN)cc4C)c(C)nc3c2)CC1=O. The van der Waals surface area contributed by atoms with Gasteiger partial charge in [-0.25, -0.2) is 4.98 Å². The number of methoxy groups -OCH3 is 1. The third-order valence-corrected chi connectivity index (χ3v) is 7.27. The van der Waals surface area contributed by atoms with E-state index in [1.807, 2.05) is 47.9 Å². The van der Waals surface area contributed by atoms with Gasteiger partial charge in [-0.1, -0.05) is 6.07 Å². The van der Waals surface area contributed by atoms with Crippen molar-refractivity contribution in [2.75, 3.05) is 38.2 Å². The summed E-state index contributed by atoms with van der Waals surface area (Å²) in [5, 5.41) is 6.24. The number of ether oxygens (including phenoxy) is 1. The zero-order valence-electron chi connectivity index (χ0n) is 20.8. The normalized spacial score (nSPS) is 15.2. The number of fused-ring (bicyclic) bond motifs is 1. The van der Waals surface area contributed by atoms with Gasteiger partial charge >= 0.3 is 0 Å². The molecule has 2 heterocycles. The van der Waals surface area contributed by atoms with Gasteiger partial charge in [-0.2, -0.15) is 0 Å². The van der Waals surface area contributed by atoms with Crippen LogP contribution in [0.15, 0.2) is 46.1 Å². The number of piperazine rings is 1. The lowest BCUT2D eigenvalue weighted by molar-refractivity contribution is -0.132. The standard InChI is InChI=1S/C26H33N5O3S/c1-17-13-22(35-27)7-5-20(17)9-10-31-19(3)28-24-14-21(6-8-23(24)26(31)33)29-11-12-30(25(32)16-29)15-18(2)34-4/h5-8,13-14,18H,9-12,15-16,27H2,1-4H3. The molecule has 0 aliphatic carbocycles. The molecular weight excluding hydrogens is 462 g/mol. The van der Waals surface area contributed by atoms with Gasteiger partial charge in [-0.15, -0.1) is 0 Å². The van der Waals surface area contributed by atoms with Crippen molar-refractivity contribution in [3.8, 4) is 0 Å². The van der Waals surface area contributed by atoms with Crippen molar-refractivity contribution in [2.45, 2.75) is 44.7 Å². The molecule has 0 spiro atoms. The fourth-order valence-corrected chi connectivity index (χ4v) is 4.93. The highest BCUT2D eigenvalue weighted by Gasteiger charge is 2.25. The summed E-state index contributed by atoms with van der Waals surface area (Å²) in [5.74, 6) is 0.758. The van der Waals surface area contributed by atoms with Gasteiger partial charge < -0.3 is 14.5 Å². The molecule has 4 rings (SSSR count). The summed E-state index contributed by atoms with van der Waals surface area (Å²) in [6.45, 7) is 8.72. The Balaban J connectivity index is 1.52. The molecule has 2 N–H and O–H groups in total. The van der Waals surface area contributed by atoms with Crippen LogP contribution in [0.4, 0.5) is 5.69 Å². The second-order valence-corrected chi connectivity index (χ2v) is 9.79. The monoisotopic (exact) mass is 495 g/mol. The molecule has 35 heavy (non-hydrogen) atoms. The third kappa shape index (κ3) is 5.52. The summed E-state index contributed by atoms with van der Waals surface area (Å²) < 4.78 is 7.04. The smallest absolute Gasteiger partial charge is 0.261 e. The Morgan fingerprint density at radius 1 is 1.14 bits per heavy atom. The molecular formula is C26H33N5O3S. The Morgan fingerprint density at radius 2 is 1.94 bits per heavy atom. The molecule has 0 bridgehead atoms. The van der Waals surface area contributed by atoms with Crippen molar-refractivity contribution in [3.63, 3.8) is 0 Å². The Bertz CT molecular complexity index is 1290. The summed E-state index contributed by atoms with van der Waals surface area (Å²) in [6, 6.07) is 11.8. The van der Waals surface area contributed by atoms with E-state index in [9.17, 15) is 9.59 Å². The van der Waals surface area contributed by atoms with Gasteiger partial charge in [0, 0.05) is 43.9 Å². The minimum atomic E-state index is -0.0414. The first-order valence-electron chi connectivity index (χ1n) is 11.8. The lowest BCUT2D eigenvalue weighted by Gasteiger charge is -2.36. The first kappa shape index (κ1) is 25.2. The molecule has 1 saturated heterocycles. The maximum absolute atomic E-state index is 13.3. The van der Waals surface area contributed by atoms with Crippen LogP contribution in [0.2, 0.25) is 0 Å². The topological polar surface area (TPSA) is 93.7 Å². The van der Waals surface area contributed by atoms with Crippen molar-refractivity contribution in [1.82, 2.24) is 14.5 Å². The van der Waals surface area contributed by atoms with E-state index in [1.54, 1.807) is 11.7 Å². The first-order valence-corrected chi connectivity index (χ1v) is 12.7. The number of hydrogen-bond donors (Lipinski definition) is 1. The molecule has 2 aromatic carbocycles. The van der Waals surface area contributed by atoms with Gasteiger partial charge in [-0.3, -0.25) is 19.3 Å². The largest absolute Gasteiger partial charge is 0.380 e. The number of nitrogens with two attached hydrogens (primary N) is 1. The van der Waals surface area contributed by atoms with Crippen molar-refractivity contribution in [3.05, 3.63) is 63.7 Å². The van der Waals surface area contributed by atoms with Gasteiger partial charge in [0.05, 0.1) is 23.6 Å². The molecule has 1 amide bonds. The van der Waals surface area contributed by atoms with Gasteiger partial charge in [-0.05, 0) is 80.6 Å². The van der Waals surface area contributed by atoms with Crippen LogP contribution in [0, 0.1) is 13.8 Å². The highest BCUT2D eigenvalue weighted by atomic mass is 32.2. The number of anilines is 1. The molecule has 1 aliphatic rings. The van der Waals surface area contributed by atoms with E-state index in [0.29, 0.717) is 42.9 Å². The average Bonchev–Trinajstić information content (AvgIpc) is 2.85. The van der Waals surface area contributed by atoms with Crippen LogP contribution in [0.3, 0.4) is 0 Å². The summed E-state index contributed by atoms with van der Waals surface area (Å²) in [4.78, 5) is 35.6. The number of benzene rings is 2. The number of nitrogens with zero attached hydrogens (tertiary/aromatic N) is 4. The Labute approximate surface area is 210 Å². The van der Waals surface area contributed by atoms with Crippen LogP contribution in [0.1, 0.15) is 23.9 Å². The van der Waals surface area contributed by atoms with Crippen LogP contribution in [0.25, 0.3) is 10.9 Å². The van der Waals surface area contributed by atoms with E-state index < -0.39 is 0 Å². The van der Waals surface area contributed by atoms with E-state index >= 15 is 0 Å². The molecule has 8 nitrogen and oxygen atoms in total. The van der Waals surface area contributed by atoms with Crippen LogP contribution >= 0.6 is 11.9 Å². The summed E-state index contributed by atoms with van der Waals surface area (Å²) >= 11 is 1.23. The lowest BCUT2D eigenvalue weighted by atomic mass is 10.1. The zero-order valence-corrected chi connectivity index (χ0v) is 21.6. The van der Waals surface area contributed by atoms with Crippen molar-refractivity contribution in [1.29, 1.82) is 0 Å². The Morgan fingerprint density at radius 3 is 2.63 bits per heavy atom. The van der Waals surface area contributed by atoms with Crippen LogP contribution < -0.4 is 15.6 Å². The predicted molar refractivity (Wildman–Crippen MR) is 141 cm³/mol. The number of amides is 1. The zero-order chi connectivity index (χ0) is 25.1. The minimum Gasteiger partial charge on any atom is -0.380 e. The molecule has 9 heteroatoms. The third-order valence-electron chi connectivity index (χ3n) is 6.75. The molecule has 0 radical (unpaired) electrons. The predicted octanol–water partition coefficient (Wildman–Crippen LogP) is 2.91. The maximum Gasteiger partial charge on any atom is 0.261 e. The fourth-order valence-electron chi connectivity index (χ4n) is 4.54. The van der Waals surface area contributed by atoms with Crippen LogP contribution in [-0.2, 0) is 22.5 Å². The molecule has 1 fully saturated rings. The quantitative estimate of drug-likeness (QED) is 0.480. The van der Waals surface area contributed by atoms with E-state index in [0.717, 1.165) is 29.1 Å². The van der Waals surface area contributed by atoms with E-state index in [-0.39, 0.29) is 17.6 Å². The highest BCUT2D eigenvalue weighted by molar-refractivity contribution is 7.97. The van der Waals surface area contributed by atoms with Crippen LogP contribution in [0.5, 0.6) is 0 Å². The molecule has 0 saturated carbocycles. The maximum atomic E-state index is 13.3. The summed E-state index contributed by atoms with van der Waals surface area (Å²) in [7, 11) is 1.66. The molecule has 1 atom stereocenters. The van der Waals surface area contributed by atoms with Crippen LogP contribution in [-0.4, -0.2) is 59.8 Å². The number of aromatic nitrogens is 2. The number of hydrogen-bond acceptors (Lipinski definition) is 7. The fraction of sp³-hybridized carbons (Fsp3) is 0.423. The van der Waals surface area contributed by atoms with E-state index in [4.69, 9.17) is 14.9 Å². The summed E-state index contributed by atoms with van der Waals surface area (Å²) in [5.41, 5.74) is 3.87. The van der Waals surface area contributed by atoms with Crippen molar-refractivity contribution >= 4 is 34.4 Å². The van der Waals surface area contributed by atoms with E-state index in [2.05, 4.69) is 19.1 Å². The number of rotatable bonds is 8. The Kier molecular flexibility index (Phi) is 7.78. The second kappa shape index (κ2) is 10.8. The Hall–Kier alpha value is -2.88. The van der Waals surface area contributed by atoms with E-state index in [1.165, 1.54) is 17.5 Å². The van der Waals surface area contributed by atoms with Gasteiger partial charge in [0.25, 0.3) is 5.56 Å². The molecule has 1 unspecified atom stereocenters. The number of aryl methyl sites for hydroxylation is 3. The highest BCUT2D eigenvalue weighted by Crippen LogP contribution is 2.22. The van der Waals surface area contributed by atoms with Crippen molar-refractivity contribution < 1.29 is 9.53 Å². The van der Waals surface area contributed by atoms with Gasteiger partial charge in [0.2, 0.25) is 5.91 Å². The molecule has 186 valence electrons. The summed E-state index contributed by atoms with van der Waals surface area (Å²) in [6.07, 6.45) is 0.746. The van der Waals surface area contributed by atoms with Crippen molar-refractivity contribution in [2.24, 2.45) is 5.14 Å². The second-order valence-electron chi connectivity index (χ2n) is 9.08. The first-order chi connectivity index (χ1) is 16.8. The number of carbonyl (C=O) groups is 1. The molecule has 1 aliphatic heterocycles. The molecule has 3 aromatic rings. The average molecular weight is 496 g/mol. The van der Waals surface area contributed by atoms with Gasteiger partial charge in [0.15, 0.2) is 0 Å². The lowest BCUT2D eigenvalue weighted by Crippen LogP contribution is -2.52. The molecule has 1 aromatic heterocycles. The number of carbonyl (C=O) groups excluding carboxylic acids is 1. The minimum absolute atomic E-state index is 0.00809. The van der Waals surface area contributed by atoms with Gasteiger partial charge in [0.1, 0.15) is 5.82 Å².